The van der Waals surface area contributed by atoms with Gasteiger partial charge in [0.2, 0.25) is 0 Å². The quantitative estimate of drug-likeness (QED) is 0.651. The van der Waals surface area contributed by atoms with E-state index in [4.69, 9.17) is 15.9 Å². The van der Waals surface area contributed by atoms with Crippen LogP contribution in [0.25, 0.3) is 11.0 Å². The predicted octanol–water partition coefficient (Wildman–Crippen LogP) is 2.06. The summed E-state index contributed by atoms with van der Waals surface area (Å²) in [5.74, 6) is 4.69. The molecule has 1 N–H and O–H groups in total. The molecule has 17 heavy (non-hydrogen) atoms. The summed E-state index contributed by atoms with van der Waals surface area (Å²) in [7, 11) is 0. The molecule has 0 saturated heterocycles. The maximum atomic E-state index is 5.51. The van der Waals surface area contributed by atoms with Crippen molar-refractivity contribution in [3.8, 4) is 23.8 Å². The molecule has 0 saturated carbocycles. The highest BCUT2D eigenvalue weighted by Gasteiger charge is 2.14. The van der Waals surface area contributed by atoms with Crippen molar-refractivity contribution in [1.82, 2.24) is 9.97 Å². The van der Waals surface area contributed by atoms with Gasteiger partial charge >= 0.3 is 0 Å². The molecule has 0 amide bonds. The molecule has 1 aliphatic rings. The largest absolute Gasteiger partial charge is 0.486 e. The van der Waals surface area contributed by atoms with Crippen molar-refractivity contribution in [3.63, 3.8) is 0 Å². The van der Waals surface area contributed by atoms with Gasteiger partial charge in [0.1, 0.15) is 13.2 Å². The van der Waals surface area contributed by atoms with Crippen molar-refractivity contribution in [2.75, 3.05) is 19.0 Å². The van der Waals surface area contributed by atoms with Gasteiger partial charge in [0, 0.05) is 12.1 Å². The zero-order valence-corrected chi connectivity index (χ0v) is 9.84. The van der Waals surface area contributed by atoms with Crippen LogP contribution in [0.4, 0.5) is 0 Å². The molecule has 0 unspecified atom stereocenters. The van der Waals surface area contributed by atoms with E-state index in [-0.39, 0.29) is 0 Å². The molecule has 3 rings (SSSR count). The van der Waals surface area contributed by atoms with Crippen LogP contribution in [-0.2, 0) is 0 Å². The van der Waals surface area contributed by atoms with E-state index in [2.05, 4.69) is 15.9 Å². The first-order valence-corrected chi connectivity index (χ1v) is 6.21. The van der Waals surface area contributed by atoms with Gasteiger partial charge < -0.3 is 14.5 Å². The van der Waals surface area contributed by atoms with Crippen molar-refractivity contribution in [3.05, 3.63) is 12.1 Å². The van der Waals surface area contributed by atoms with E-state index in [9.17, 15) is 0 Å². The Bertz CT molecular complexity index is 557. The van der Waals surface area contributed by atoms with Gasteiger partial charge in [-0.1, -0.05) is 17.7 Å². The summed E-state index contributed by atoms with van der Waals surface area (Å²) in [5, 5.41) is 0.820. The first kappa shape index (κ1) is 10.4. The van der Waals surface area contributed by atoms with Gasteiger partial charge in [0.25, 0.3) is 0 Å². The normalized spacial score (nSPS) is 13.6. The van der Waals surface area contributed by atoms with Crippen LogP contribution in [0.3, 0.4) is 0 Å². The van der Waals surface area contributed by atoms with Gasteiger partial charge in [0.15, 0.2) is 16.7 Å². The second-order valence-electron chi connectivity index (χ2n) is 3.55. The summed E-state index contributed by atoms with van der Waals surface area (Å²) in [6.45, 7) is 1.17. The molecule has 1 aliphatic heterocycles. The third-order valence-electron chi connectivity index (χ3n) is 2.42. The number of nitrogens with zero attached hydrogens (tertiary/aromatic N) is 1. The predicted molar refractivity (Wildman–Crippen MR) is 66.6 cm³/mol. The number of thioether (sulfide) groups is 1. The smallest absolute Gasteiger partial charge is 0.167 e. The van der Waals surface area contributed by atoms with Crippen LogP contribution < -0.4 is 9.47 Å². The van der Waals surface area contributed by atoms with E-state index in [0.717, 1.165) is 27.7 Å². The standard InChI is InChI=1S/C12H10N2O2S/c1-2-5-17-12-13-8-6-10-11(7-9(8)14-12)16-4-3-15-10/h1,6-7H,3-5H2,(H,13,14). The van der Waals surface area contributed by atoms with Gasteiger partial charge in [-0.25, -0.2) is 4.98 Å². The lowest BCUT2D eigenvalue weighted by Crippen LogP contribution is -2.15. The van der Waals surface area contributed by atoms with Gasteiger partial charge in [-0.3, -0.25) is 0 Å². The molecular weight excluding hydrogens is 236 g/mol. The first-order chi connectivity index (χ1) is 8.36. The molecule has 0 aliphatic carbocycles. The minimum Gasteiger partial charge on any atom is -0.486 e. The lowest BCUT2D eigenvalue weighted by atomic mass is 10.2. The van der Waals surface area contributed by atoms with Gasteiger partial charge in [-0.05, 0) is 0 Å². The number of imidazole rings is 1. The average Bonchev–Trinajstić information content (AvgIpc) is 2.75. The number of aromatic nitrogens is 2. The Morgan fingerprint density at radius 3 is 2.88 bits per heavy atom. The number of hydrogen-bond donors (Lipinski definition) is 1. The van der Waals surface area contributed by atoms with E-state index < -0.39 is 0 Å². The first-order valence-electron chi connectivity index (χ1n) is 5.22. The fourth-order valence-corrected chi connectivity index (χ4v) is 2.27. The Morgan fingerprint density at radius 2 is 2.12 bits per heavy atom. The number of H-pyrrole nitrogens is 1. The van der Waals surface area contributed by atoms with E-state index >= 15 is 0 Å². The Balaban J connectivity index is 2.01. The molecule has 86 valence electrons. The number of nitrogens with one attached hydrogen (secondary N) is 1. The second-order valence-corrected chi connectivity index (χ2v) is 4.51. The van der Waals surface area contributed by atoms with Crippen LogP contribution in [0.2, 0.25) is 0 Å². The molecule has 0 fully saturated rings. The van der Waals surface area contributed by atoms with Crippen molar-refractivity contribution in [2.45, 2.75) is 5.16 Å². The van der Waals surface area contributed by atoms with Crippen LogP contribution in [0.5, 0.6) is 11.5 Å². The van der Waals surface area contributed by atoms with Crippen LogP contribution in [0, 0.1) is 12.3 Å². The van der Waals surface area contributed by atoms with Crippen LogP contribution in [0.15, 0.2) is 17.3 Å². The summed E-state index contributed by atoms with van der Waals surface area (Å²) in [5.41, 5.74) is 1.81. The summed E-state index contributed by atoms with van der Waals surface area (Å²) < 4.78 is 11.0. The minimum atomic E-state index is 0.585. The molecule has 1 aromatic heterocycles. The van der Waals surface area contributed by atoms with Gasteiger partial charge in [0.05, 0.1) is 16.8 Å². The van der Waals surface area contributed by atoms with E-state index in [1.807, 2.05) is 12.1 Å². The molecule has 5 heteroatoms. The average molecular weight is 246 g/mol. The molecule has 0 radical (unpaired) electrons. The maximum Gasteiger partial charge on any atom is 0.167 e. The topological polar surface area (TPSA) is 47.1 Å². The zero-order chi connectivity index (χ0) is 11.7. The highest BCUT2D eigenvalue weighted by Crippen LogP contribution is 2.34. The van der Waals surface area contributed by atoms with Crippen LogP contribution in [0.1, 0.15) is 0 Å². The maximum absolute atomic E-state index is 5.51. The molecule has 0 spiro atoms. The Labute approximate surface area is 103 Å². The lowest BCUT2D eigenvalue weighted by Gasteiger charge is -2.17. The number of hydrogen-bond acceptors (Lipinski definition) is 4. The van der Waals surface area contributed by atoms with Gasteiger partial charge in [-0.2, -0.15) is 0 Å². The Morgan fingerprint density at radius 1 is 1.35 bits per heavy atom. The fourth-order valence-electron chi connectivity index (χ4n) is 1.70. The summed E-state index contributed by atoms with van der Waals surface area (Å²) in [6, 6.07) is 3.80. The monoisotopic (exact) mass is 246 g/mol. The van der Waals surface area contributed by atoms with Crippen molar-refractivity contribution in [1.29, 1.82) is 0 Å². The number of benzene rings is 1. The number of rotatable bonds is 2. The number of aromatic amines is 1. The number of ether oxygens (including phenoxy) is 2. The van der Waals surface area contributed by atoms with Crippen LogP contribution in [-0.4, -0.2) is 28.9 Å². The molecular formula is C12H10N2O2S. The van der Waals surface area contributed by atoms with Crippen molar-refractivity contribution in [2.24, 2.45) is 0 Å². The molecule has 2 heterocycles. The molecule has 0 bridgehead atoms. The third kappa shape index (κ3) is 1.92. The molecule has 0 atom stereocenters. The second kappa shape index (κ2) is 4.22. The van der Waals surface area contributed by atoms with E-state index in [1.165, 1.54) is 11.8 Å². The molecule has 1 aromatic carbocycles. The highest BCUT2D eigenvalue weighted by atomic mass is 32.2. The Kier molecular flexibility index (Phi) is 2.57. The summed E-state index contributed by atoms with van der Waals surface area (Å²) in [4.78, 5) is 7.64. The van der Waals surface area contributed by atoms with E-state index in [1.54, 1.807) is 0 Å². The number of fused-ring (bicyclic) bond motifs is 2. The number of terminal acetylenes is 1. The lowest BCUT2D eigenvalue weighted by molar-refractivity contribution is 0.172. The zero-order valence-electron chi connectivity index (χ0n) is 9.03. The SMILES string of the molecule is C#CCSc1nc2cc3c(cc2[nH]1)OCCO3. The van der Waals surface area contributed by atoms with Crippen molar-refractivity contribution >= 4 is 22.8 Å². The van der Waals surface area contributed by atoms with Crippen LogP contribution >= 0.6 is 11.8 Å². The summed E-state index contributed by atoms with van der Waals surface area (Å²) in [6.07, 6.45) is 5.22. The Hall–Kier alpha value is -1.80. The summed E-state index contributed by atoms with van der Waals surface area (Å²) >= 11 is 1.50. The van der Waals surface area contributed by atoms with Gasteiger partial charge in [-0.15, -0.1) is 6.42 Å². The molecule has 4 nitrogen and oxygen atoms in total. The highest BCUT2D eigenvalue weighted by molar-refractivity contribution is 7.99. The fraction of sp³-hybridized carbons (Fsp3) is 0.250. The third-order valence-corrected chi connectivity index (χ3v) is 3.19. The van der Waals surface area contributed by atoms with E-state index in [0.29, 0.717) is 19.0 Å². The minimum absolute atomic E-state index is 0.585. The molecule has 2 aromatic rings. The van der Waals surface area contributed by atoms with Crippen molar-refractivity contribution < 1.29 is 9.47 Å².